The van der Waals surface area contributed by atoms with Crippen LogP contribution in [0.5, 0.6) is 5.75 Å². The molecule has 4 nitrogen and oxygen atoms in total. The fraction of sp³-hybridized carbons (Fsp3) is 0.562. The van der Waals surface area contributed by atoms with Gasteiger partial charge >= 0.3 is 5.97 Å². The number of ether oxygens (including phenoxy) is 2. The summed E-state index contributed by atoms with van der Waals surface area (Å²) in [6.45, 7) is 4.37. The molecule has 1 saturated heterocycles. The molecule has 0 aliphatic carbocycles. The summed E-state index contributed by atoms with van der Waals surface area (Å²) in [6.07, 6.45) is 1.02. The maximum atomic E-state index is 12.0. The largest absolute Gasteiger partial charge is 0.493 e. The van der Waals surface area contributed by atoms with Gasteiger partial charge in [0.1, 0.15) is 12.4 Å². The molecule has 1 aliphatic rings. The second-order valence-electron chi connectivity index (χ2n) is 5.57. The van der Waals surface area contributed by atoms with E-state index >= 15 is 0 Å². The van der Waals surface area contributed by atoms with Gasteiger partial charge in [-0.05, 0) is 50.6 Å². The van der Waals surface area contributed by atoms with Gasteiger partial charge in [-0.2, -0.15) is 0 Å². The molecular formula is C16H23NO3. The Morgan fingerprint density at radius 3 is 2.90 bits per heavy atom. The Kier molecular flexibility index (Phi) is 5.01. The molecule has 0 aromatic heterocycles. The third kappa shape index (κ3) is 3.73. The van der Waals surface area contributed by atoms with Crippen LogP contribution in [-0.2, 0) is 9.53 Å². The Labute approximate surface area is 120 Å². The lowest BCUT2D eigenvalue weighted by Gasteiger charge is -2.21. The first-order chi connectivity index (χ1) is 9.60. The average Bonchev–Trinajstić information content (AvgIpc) is 2.85. The molecule has 2 atom stereocenters. The summed E-state index contributed by atoms with van der Waals surface area (Å²) in [5.74, 6) is 0.769. The number of nitrogens with zero attached hydrogens (tertiary/aromatic N) is 1. The fourth-order valence-corrected chi connectivity index (χ4v) is 2.74. The van der Waals surface area contributed by atoms with Gasteiger partial charge in [-0.15, -0.1) is 0 Å². The standard InChI is InChI=1S/C16H23NO3/c1-12-5-4-6-14(9-12)20-11-15(16(18)19-3)13-7-8-17(2)10-13/h4-6,9,13,15H,7-8,10-11H2,1-3H3. The van der Waals surface area contributed by atoms with Gasteiger partial charge in [0.2, 0.25) is 0 Å². The molecule has 0 spiro atoms. The Hall–Kier alpha value is -1.55. The van der Waals surface area contributed by atoms with E-state index in [0.717, 1.165) is 30.8 Å². The Morgan fingerprint density at radius 2 is 2.30 bits per heavy atom. The molecule has 1 aromatic rings. The summed E-state index contributed by atoms with van der Waals surface area (Å²) in [6, 6.07) is 7.88. The number of methoxy groups -OCH3 is 1. The predicted molar refractivity (Wildman–Crippen MR) is 77.8 cm³/mol. The molecule has 1 heterocycles. The Balaban J connectivity index is 1.99. The predicted octanol–water partition coefficient (Wildman–Crippen LogP) is 2.11. The first-order valence-corrected chi connectivity index (χ1v) is 7.06. The SMILES string of the molecule is COC(=O)C(COc1cccc(C)c1)C1CCN(C)C1. The van der Waals surface area contributed by atoms with Crippen molar-refractivity contribution in [1.29, 1.82) is 0 Å². The van der Waals surface area contributed by atoms with Crippen molar-refractivity contribution in [2.24, 2.45) is 11.8 Å². The lowest BCUT2D eigenvalue weighted by Crippen LogP contribution is -2.32. The normalized spacial score (nSPS) is 20.6. The van der Waals surface area contributed by atoms with E-state index in [-0.39, 0.29) is 11.9 Å². The van der Waals surface area contributed by atoms with E-state index in [9.17, 15) is 4.79 Å². The van der Waals surface area contributed by atoms with Crippen LogP contribution in [0.25, 0.3) is 0 Å². The van der Waals surface area contributed by atoms with Crippen LogP contribution < -0.4 is 4.74 Å². The van der Waals surface area contributed by atoms with Crippen LogP contribution in [0, 0.1) is 18.8 Å². The van der Waals surface area contributed by atoms with Gasteiger partial charge in [-0.3, -0.25) is 4.79 Å². The van der Waals surface area contributed by atoms with E-state index in [2.05, 4.69) is 11.9 Å². The van der Waals surface area contributed by atoms with E-state index in [4.69, 9.17) is 9.47 Å². The quantitative estimate of drug-likeness (QED) is 0.773. The van der Waals surface area contributed by atoms with Crippen LogP contribution in [0.4, 0.5) is 0 Å². The molecule has 4 heteroatoms. The number of hydrogen-bond donors (Lipinski definition) is 0. The summed E-state index contributed by atoms with van der Waals surface area (Å²) < 4.78 is 10.7. The highest BCUT2D eigenvalue weighted by Crippen LogP contribution is 2.25. The lowest BCUT2D eigenvalue weighted by atomic mass is 9.92. The number of aryl methyl sites for hydroxylation is 1. The van der Waals surface area contributed by atoms with Gasteiger partial charge < -0.3 is 14.4 Å². The van der Waals surface area contributed by atoms with Crippen molar-refractivity contribution in [2.45, 2.75) is 13.3 Å². The topological polar surface area (TPSA) is 38.8 Å². The Morgan fingerprint density at radius 1 is 1.50 bits per heavy atom. The van der Waals surface area contributed by atoms with Crippen molar-refractivity contribution < 1.29 is 14.3 Å². The van der Waals surface area contributed by atoms with E-state index in [0.29, 0.717) is 12.5 Å². The van der Waals surface area contributed by atoms with Crippen LogP contribution in [0.1, 0.15) is 12.0 Å². The van der Waals surface area contributed by atoms with Crippen LogP contribution in [0.3, 0.4) is 0 Å². The van der Waals surface area contributed by atoms with Crippen molar-refractivity contribution in [3.63, 3.8) is 0 Å². The van der Waals surface area contributed by atoms with E-state index in [1.807, 2.05) is 31.2 Å². The summed E-state index contributed by atoms with van der Waals surface area (Å²) in [5, 5.41) is 0. The van der Waals surface area contributed by atoms with Crippen LogP contribution in [0.15, 0.2) is 24.3 Å². The number of likely N-dealkylation sites (tertiary alicyclic amines) is 1. The zero-order chi connectivity index (χ0) is 14.5. The van der Waals surface area contributed by atoms with Crippen molar-refractivity contribution in [2.75, 3.05) is 33.9 Å². The zero-order valence-corrected chi connectivity index (χ0v) is 12.5. The average molecular weight is 277 g/mol. The van der Waals surface area contributed by atoms with Gasteiger partial charge in [0.15, 0.2) is 0 Å². The smallest absolute Gasteiger partial charge is 0.312 e. The number of benzene rings is 1. The van der Waals surface area contributed by atoms with Gasteiger partial charge in [-0.25, -0.2) is 0 Å². The van der Waals surface area contributed by atoms with Crippen molar-refractivity contribution >= 4 is 5.97 Å². The van der Waals surface area contributed by atoms with E-state index in [1.54, 1.807) is 0 Å². The number of carbonyl (C=O) groups is 1. The second kappa shape index (κ2) is 6.75. The fourth-order valence-electron chi connectivity index (χ4n) is 2.74. The second-order valence-corrected chi connectivity index (χ2v) is 5.57. The van der Waals surface area contributed by atoms with Gasteiger partial charge in [-0.1, -0.05) is 12.1 Å². The third-order valence-corrected chi connectivity index (χ3v) is 3.92. The van der Waals surface area contributed by atoms with Gasteiger partial charge in [0, 0.05) is 6.54 Å². The molecule has 1 aromatic carbocycles. The zero-order valence-electron chi connectivity index (χ0n) is 12.5. The molecule has 2 rings (SSSR count). The Bertz CT molecular complexity index is 461. The van der Waals surface area contributed by atoms with Crippen molar-refractivity contribution in [1.82, 2.24) is 4.90 Å². The highest BCUT2D eigenvalue weighted by molar-refractivity contribution is 5.73. The molecule has 0 saturated carbocycles. The molecule has 0 radical (unpaired) electrons. The first-order valence-electron chi connectivity index (χ1n) is 7.06. The maximum absolute atomic E-state index is 12.0. The lowest BCUT2D eigenvalue weighted by molar-refractivity contribution is -0.148. The number of carbonyl (C=O) groups excluding carboxylic acids is 1. The summed E-state index contributed by atoms with van der Waals surface area (Å²) >= 11 is 0. The van der Waals surface area contributed by atoms with Crippen LogP contribution in [-0.4, -0.2) is 44.7 Å². The highest BCUT2D eigenvalue weighted by atomic mass is 16.5. The molecule has 1 fully saturated rings. The molecule has 1 aliphatic heterocycles. The maximum Gasteiger partial charge on any atom is 0.312 e. The number of esters is 1. The van der Waals surface area contributed by atoms with Crippen molar-refractivity contribution in [3.05, 3.63) is 29.8 Å². The van der Waals surface area contributed by atoms with Crippen molar-refractivity contribution in [3.8, 4) is 5.75 Å². The van der Waals surface area contributed by atoms with Crippen LogP contribution in [0.2, 0.25) is 0 Å². The summed E-state index contributed by atoms with van der Waals surface area (Å²) in [5.41, 5.74) is 1.15. The summed E-state index contributed by atoms with van der Waals surface area (Å²) in [4.78, 5) is 14.2. The molecule has 0 N–H and O–H groups in total. The van der Waals surface area contributed by atoms with E-state index in [1.165, 1.54) is 7.11 Å². The molecule has 2 unspecified atom stereocenters. The van der Waals surface area contributed by atoms with Crippen LogP contribution >= 0.6 is 0 Å². The van der Waals surface area contributed by atoms with Gasteiger partial charge in [0.25, 0.3) is 0 Å². The summed E-state index contributed by atoms with van der Waals surface area (Å²) in [7, 11) is 3.52. The highest BCUT2D eigenvalue weighted by Gasteiger charge is 2.34. The van der Waals surface area contributed by atoms with E-state index < -0.39 is 0 Å². The minimum absolute atomic E-state index is 0.169. The third-order valence-electron chi connectivity index (χ3n) is 3.92. The minimum Gasteiger partial charge on any atom is -0.493 e. The molecule has 110 valence electrons. The molecule has 0 amide bonds. The first kappa shape index (κ1) is 14.9. The number of rotatable bonds is 5. The molecular weight excluding hydrogens is 254 g/mol. The minimum atomic E-state index is -0.189. The molecule has 20 heavy (non-hydrogen) atoms. The van der Waals surface area contributed by atoms with Gasteiger partial charge in [0.05, 0.1) is 13.0 Å². The monoisotopic (exact) mass is 277 g/mol. The molecule has 0 bridgehead atoms. The number of hydrogen-bond acceptors (Lipinski definition) is 4.